The number of likely N-dealkylation sites (tertiary alicyclic amines) is 1. The van der Waals surface area contributed by atoms with Crippen LogP contribution in [0.4, 0.5) is 0 Å². The van der Waals surface area contributed by atoms with Crippen molar-refractivity contribution in [2.45, 2.75) is 32.8 Å². The van der Waals surface area contributed by atoms with Gasteiger partial charge in [-0.2, -0.15) is 0 Å². The second kappa shape index (κ2) is 7.92. The molecule has 5 heteroatoms. The summed E-state index contributed by atoms with van der Waals surface area (Å²) in [5.41, 5.74) is 8.36. The zero-order valence-electron chi connectivity index (χ0n) is 15.6. The van der Waals surface area contributed by atoms with Gasteiger partial charge in [-0.15, -0.1) is 0 Å². The molecule has 0 aliphatic carbocycles. The van der Waals surface area contributed by atoms with E-state index in [0.717, 1.165) is 29.5 Å². The molecule has 0 spiro atoms. The number of primary amides is 1. The number of hydrogen-bond acceptors (Lipinski definition) is 3. The highest BCUT2D eigenvalue weighted by Crippen LogP contribution is 2.34. The van der Waals surface area contributed by atoms with E-state index in [0.29, 0.717) is 25.1 Å². The van der Waals surface area contributed by atoms with Gasteiger partial charge in [0.05, 0.1) is 12.0 Å². The fraction of sp³-hybridized carbons (Fsp3) is 0.364. The van der Waals surface area contributed by atoms with Crippen LogP contribution < -0.4 is 5.73 Å². The third kappa shape index (κ3) is 3.74. The third-order valence-corrected chi connectivity index (χ3v) is 5.69. The molecular formula is C22H26N2O3. The Morgan fingerprint density at radius 1 is 1.15 bits per heavy atom. The maximum Gasteiger partial charge on any atom is 0.253 e. The van der Waals surface area contributed by atoms with Crippen LogP contribution in [0.3, 0.4) is 0 Å². The molecule has 0 bridgehead atoms. The Bertz CT molecular complexity index is 832. The number of aliphatic hydroxyl groups is 1. The second-order valence-corrected chi connectivity index (χ2v) is 7.22. The van der Waals surface area contributed by atoms with E-state index in [2.05, 4.69) is 0 Å². The van der Waals surface area contributed by atoms with E-state index in [1.165, 1.54) is 0 Å². The molecule has 2 amide bonds. The van der Waals surface area contributed by atoms with E-state index in [4.69, 9.17) is 5.73 Å². The Labute approximate surface area is 159 Å². The van der Waals surface area contributed by atoms with Crippen LogP contribution in [0.15, 0.2) is 48.5 Å². The highest BCUT2D eigenvalue weighted by Gasteiger charge is 2.40. The Balaban J connectivity index is 1.81. The standard InChI is InChI=1S/C22H26N2O3/c1-2-22(21(23)27)12-5-13-24(15-22)20(26)17-10-8-16(9-11-17)19-7-4-3-6-18(19)14-25/h3-4,6-11,25H,2,5,12-15H2,1H3,(H2,23,27). The summed E-state index contributed by atoms with van der Waals surface area (Å²) in [6.45, 7) is 2.94. The van der Waals surface area contributed by atoms with Crippen LogP contribution in [0.5, 0.6) is 0 Å². The van der Waals surface area contributed by atoms with Crippen LogP contribution in [0.2, 0.25) is 0 Å². The highest BCUT2D eigenvalue weighted by atomic mass is 16.3. The average molecular weight is 366 g/mol. The van der Waals surface area contributed by atoms with E-state index in [1.54, 1.807) is 17.0 Å². The normalized spacial score (nSPS) is 19.7. The molecule has 0 saturated carbocycles. The molecule has 0 aromatic heterocycles. The Hall–Kier alpha value is -2.66. The molecule has 2 aromatic carbocycles. The zero-order valence-corrected chi connectivity index (χ0v) is 15.6. The van der Waals surface area contributed by atoms with Crippen molar-refractivity contribution in [3.63, 3.8) is 0 Å². The number of carbonyl (C=O) groups excluding carboxylic acids is 2. The molecule has 1 aliphatic heterocycles. The van der Waals surface area contributed by atoms with Crippen molar-refractivity contribution in [2.24, 2.45) is 11.1 Å². The lowest BCUT2D eigenvalue weighted by Crippen LogP contribution is -2.51. The smallest absolute Gasteiger partial charge is 0.253 e. The van der Waals surface area contributed by atoms with Crippen molar-refractivity contribution >= 4 is 11.8 Å². The minimum absolute atomic E-state index is 0.0309. The zero-order chi connectivity index (χ0) is 19.4. The van der Waals surface area contributed by atoms with Gasteiger partial charge in [0, 0.05) is 18.7 Å². The number of aliphatic hydroxyl groups excluding tert-OH is 1. The molecule has 3 N–H and O–H groups in total. The van der Waals surface area contributed by atoms with Gasteiger partial charge in [0.15, 0.2) is 0 Å². The maximum absolute atomic E-state index is 12.9. The molecule has 1 heterocycles. The summed E-state index contributed by atoms with van der Waals surface area (Å²) >= 11 is 0. The Morgan fingerprint density at radius 3 is 2.48 bits per heavy atom. The largest absolute Gasteiger partial charge is 0.392 e. The molecule has 27 heavy (non-hydrogen) atoms. The molecule has 2 aromatic rings. The van der Waals surface area contributed by atoms with E-state index in [1.807, 2.05) is 43.3 Å². The monoisotopic (exact) mass is 366 g/mol. The number of rotatable bonds is 5. The van der Waals surface area contributed by atoms with Gasteiger partial charge in [0.1, 0.15) is 0 Å². The molecule has 1 unspecified atom stereocenters. The first-order valence-corrected chi connectivity index (χ1v) is 9.39. The van der Waals surface area contributed by atoms with Crippen LogP contribution in [-0.4, -0.2) is 34.9 Å². The van der Waals surface area contributed by atoms with E-state index in [9.17, 15) is 14.7 Å². The predicted octanol–water partition coefficient (Wildman–Crippen LogP) is 2.96. The molecule has 1 fully saturated rings. The summed E-state index contributed by atoms with van der Waals surface area (Å²) in [4.78, 5) is 26.6. The summed E-state index contributed by atoms with van der Waals surface area (Å²) in [6.07, 6.45) is 2.16. The molecule has 1 atom stereocenters. The van der Waals surface area contributed by atoms with Crippen LogP contribution in [0, 0.1) is 5.41 Å². The lowest BCUT2D eigenvalue weighted by molar-refractivity contribution is -0.130. The number of hydrogen-bond donors (Lipinski definition) is 2. The molecule has 0 radical (unpaired) electrons. The first-order chi connectivity index (χ1) is 13.0. The van der Waals surface area contributed by atoms with Crippen molar-refractivity contribution in [1.29, 1.82) is 0 Å². The quantitative estimate of drug-likeness (QED) is 0.853. The van der Waals surface area contributed by atoms with Crippen LogP contribution in [-0.2, 0) is 11.4 Å². The van der Waals surface area contributed by atoms with Crippen LogP contribution in [0.25, 0.3) is 11.1 Å². The highest BCUT2D eigenvalue weighted by molar-refractivity contribution is 5.95. The van der Waals surface area contributed by atoms with E-state index < -0.39 is 5.41 Å². The van der Waals surface area contributed by atoms with Crippen molar-refractivity contribution < 1.29 is 14.7 Å². The summed E-state index contributed by atoms with van der Waals surface area (Å²) in [5, 5.41) is 9.51. The Morgan fingerprint density at radius 2 is 1.85 bits per heavy atom. The predicted molar refractivity (Wildman–Crippen MR) is 105 cm³/mol. The third-order valence-electron chi connectivity index (χ3n) is 5.69. The maximum atomic E-state index is 12.9. The minimum Gasteiger partial charge on any atom is -0.392 e. The number of benzene rings is 2. The molecule has 1 aliphatic rings. The molecule has 3 rings (SSSR count). The van der Waals surface area contributed by atoms with Crippen molar-refractivity contribution in [3.05, 3.63) is 59.7 Å². The molecule has 1 saturated heterocycles. The fourth-order valence-corrected chi connectivity index (χ4v) is 3.88. The number of amides is 2. The summed E-state index contributed by atoms with van der Waals surface area (Å²) < 4.78 is 0. The van der Waals surface area contributed by atoms with E-state index in [-0.39, 0.29) is 18.4 Å². The number of carbonyl (C=O) groups is 2. The molecule has 142 valence electrons. The van der Waals surface area contributed by atoms with Gasteiger partial charge >= 0.3 is 0 Å². The first kappa shape index (κ1) is 19.1. The lowest BCUT2D eigenvalue weighted by atomic mass is 9.77. The second-order valence-electron chi connectivity index (χ2n) is 7.22. The van der Waals surface area contributed by atoms with Gasteiger partial charge in [-0.3, -0.25) is 9.59 Å². The number of nitrogens with two attached hydrogens (primary N) is 1. The van der Waals surface area contributed by atoms with E-state index >= 15 is 0 Å². The topological polar surface area (TPSA) is 83.6 Å². The van der Waals surface area contributed by atoms with Crippen molar-refractivity contribution in [2.75, 3.05) is 13.1 Å². The first-order valence-electron chi connectivity index (χ1n) is 9.39. The van der Waals surface area contributed by atoms with Gasteiger partial charge in [-0.25, -0.2) is 0 Å². The van der Waals surface area contributed by atoms with Gasteiger partial charge in [-0.05, 0) is 48.1 Å². The number of nitrogens with zero attached hydrogens (tertiary/aromatic N) is 1. The number of piperidine rings is 1. The van der Waals surface area contributed by atoms with Crippen LogP contribution >= 0.6 is 0 Å². The summed E-state index contributed by atoms with van der Waals surface area (Å²) in [7, 11) is 0. The average Bonchev–Trinajstić information content (AvgIpc) is 2.73. The van der Waals surface area contributed by atoms with Gasteiger partial charge in [-0.1, -0.05) is 43.3 Å². The van der Waals surface area contributed by atoms with Gasteiger partial charge < -0.3 is 15.7 Å². The molecular weight excluding hydrogens is 340 g/mol. The van der Waals surface area contributed by atoms with Crippen LogP contribution in [0.1, 0.15) is 42.1 Å². The van der Waals surface area contributed by atoms with Gasteiger partial charge in [0.25, 0.3) is 5.91 Å². The lowest BCUT2D eigenvalue weighted by Gasteiger charge is -2.40. The van der Waals surface area contributed by atoms with Crippen molar-refractivity contribution in [3.8, 4) is 11.1 Å². The molecule has 5 nitrogen and oxygen atoms in total. The SMILES string of the molecule is CCC1(C(N)=O)CCCN(C(=O)c2ccc(-c3ccccc3CO)cc2)C1. The summed E-state index contributed by atoms with van der Waals surface area (Å²) in [5.74, 6) is -0.394. The summed E-state index contributed by atoms with van der Waals surface area (Å²) in [6, 6.07) is 15.1. The van der Waals surface area contributed by atoms with Crippen molar-refractivity contribution in [1.82, 2.24) is 4.90 Å². The fourth-order valence-electron chi connectivity index (χ4n) is 3.88. The Kier molecular flexibility index (Phi) is 5.61. The minimum atomic E-state index is -0.617. The van der Waals surface area contributed by atoms with Gasteiger partial charge in [0.2, 0.25) is 5.91 Å².